The number of hydrogen-bond donors (Lipinski definition) is 0. The lowest BCUT2D eigenvalue weighted by Crippen LogP contribution is -2.15. The lowest BCUT2D eigenvalue weighted by molar-refractivity contribution is 1.17. The minimum Gasteiger partial charge on any atom is -0.308 e. The summed E-state index contributed by atoms with van der Waals surface area (Å²) >= 11 is 1.81. The third-order valence-electron chi connectivity index (χ3n) is 6.00. The van der Waals surface area contributed by atoms with Crippen LogP contribution in [0.5, 0.6) is 0 Å². The molecule has 0 saturated carbocycles. The topological polar surface area (TPSA) is 39.9 Å². The molecule has 6 rings (SSSR count). The maximum Gasteiger partial charge on any atom is 0.101 e. The van der Waals surface area contributed by atoms with Crippen molar-refractivity contribution in [1.29, 1.82) is 5.26 Å². The standard InChI is InChI=1S/C30H19N3S/c31-19-23-20-32-17-16-24(23)21-8-7-9-22(18-21)25-10-1-2-11-26(25)33-27-12-3-5-14-29(27)34-30-15-6-4-13-28(30)33/h1-18,20H. The van der Waals surface area contributed by atoms with Crippen molar-refractivity contribution >= 4 is 28.8 Å². The van der Waals surface area contributed by atoms with Crippen molar-refractivity contribution < 1.29 is 0 Å². The second-order valence-corrected chi connectivity index (χ2v) is 9.09. The van der Waals surface area contributed by atoms with Gasteiger partial charge < -0.3 is 4.90 Å². The fourth-order valence-corrected chi connectivity index (χ4v) is 5.52. The van der Waals surface area contributed by atoms with Gasteiger partial charge in [0.1, 0.15) is 6.07 Å². The van der Waals surface area contributed by atoms with Gasteiger partial charge >= 0.3 is 0 Å². The van der Waals surface area contributed by atoms with E-state index in [9.17, 15) is 5.26 Å². The van der Waals surface area contributed by atoms with Crippen molar-refractivity contribution in [2.24, 2.45) is 0 Å². The molecule has 5 aromatic rings. The normalized spacial score (nSPS) is 11.9. The van der Waals surface area contributed by atoms with Gasteiger partial charge in [-0.25, -0.2) is 0 Å². The highest BCUT2D eigenvalue weighted by atomic mass is 32.2. The number of aromatic nitrogens is 1. The third kappa shape index (κ3) is 3.44. The fourth-order valence-electron chi connectivity index (χ4n) is 4.47. The summed E-state index contributed by atoms with van der Waals surface area (Å²) in [6.07, 6.45) is 3.35. The molecule has 0 spiro atoms. The molecule has 160 valence electrons. The first-order chi connectivity index (χ1) is 16.8. The van der Waals surface area contributed by atoms with Crippen LogP contribution in [0.1, 0.15) is 5.56 Å². The zero-order chi connectivity index (χ0) is 22.9. The molecule has 0 bridgehead atoms. The molecular formula is C30H19N3S. The molecule has 0 amide bonds. The number of nitrogens with zero attached hydrogens (tertiary/aromatic N) is 3. The number of nitriles is 1. The highest BCUT2D eigenvalue weighted by Gasteiger charge is 2.26. The van der Waals surface area contributed by atoms with E-state index in [1.807, 2.05) is 23.9 Å². The summed E-state index contributed by atoms with van der Waals surface area (Å²) in [7, 11) is 0. The summed E-state index contributed by atoms with van der Waals surface area (Å²) in [6.45, 7) is 0. The Kier molecular flexibility index (Phi) is 5.10. The number of para-hydroxylation sites is 3. The van der Waals surface area contributed by atoms with Crippen molar-refractivity contribution in [2.45, 2.75) is 9.79 Å². The smallest absolute Gasteiger partial charge is 0.101 e. The fraction of sp³-hybridized carbons (Fsp3) is 0. The molecule has 0 saturated heterocycles. The predicted molar refractivity (Wildman–Crippen MR) is 139 cm³/mol. The Morgan fingerprint density at radius 3 is 1.97 bits per heavy atom. The average Bonchev–Trinajstić information content (AvgIpc) is 2.92. The highest BCUT2D eigenvalue weighted by molar-refractivity contribution is 7.99. The molecule has 4 aromatic carbocycles. The molecule has 0 unspecified atom stereocenters. The monoisotopic (exact) mass is 453 g/mol. The molecule has 2 heterocycles. The minimum atomic E-state index is 0.573. The van der Waals surface area contributed by atoms with Gasteiger partial charge in [0.05, 0.1) is 22.6 Å². The predicted octanol–water partition coefficient (Wildman–Crippen LogP) is 8.22. The maximum atomic E-state index is 9.57. The van der Waals surface area contributed by atoms with E-state index in [2.05, 4.69) is 107 Å². The van der Waals surface area contributed by atoms with Gasteiger partial charge in [-0.3, -0.25) is 4.98 Å². The molecule has 3 nitrogen and oxygen atoms in total. The summed E-state index contributed by atoms with van der Waals surface area (Å²) in [5, 5.41) is 9.57. The van der Waals surface area contributed by atoms with Gasteiger partial charge in [-0.05, 0) is 53.6 Å². The summed E-state index contributed by atoms with van der Waals surface area (Å²) in [5.74, 6) is 0. The second kappa shape index (κ2) is 8.55. The molecule has 34 heavy (non-hydrogen) atoms. The van der Waals surface area contributed by atoms with Gasteiger partial charge in [-0.15, -0.1) is 0 Å². The van der Waals surface area contributed by atoms with E-state index >= 15 is 0 Å². The lowest BCUT2D eigenvalue weighted by atomic mass is 9.96. The minimum absolute atomic E-state index is 0.573. The van der Waals surface area contributed by atoms with Gasteiger partial charge in [-0.1, -0.05) is 72.4 Å². The SMILES string of the molecule is N#Cc1cnccc1-c1cccc(-c2ccccc2N2c3ccccc3Sc3ccccc32)c1. The molecule has 4 heteroatoms. The van der Waals surface area contributed by atoms with Gasteiger partial charge in [-0.2, -0.15) is 5.26 Å². The molecule has 1 aromatic heterocycles. The quantitative estimate of drug-likeness (QED) is 0.271. The second-order valence-electron chi connectivity index (χ2n) is 8.00. The number of anilines is 3. The average molecular weight is 454 g/mol. The first-order valence-corrected chi connectivity index (χ1v) is 11.8. The Bertz CT molecular complexity index is 1520. The Hall–Kier alpha value is -4.33. The van der Waals surface area contributed by atoms with Crippen LogP contribution in [0.4, 0.5) is 17.1 Å². The highest BCUT2D eigenvalue weighted by Crippen LogP contribution is 2.52. The van der Waals surface area contributed by atoms with Crippen LogP contribution in [0.25, 0.3) is 22.3 Å². The Morgan fingerprint density at radius 1 is 0.647 bits per heavy atom. The van der Waals surface area contributed by atoms with E-state index in [-0.39, 0.29) is 0 Å². The first-order valence-electron chi connectivity index (χ1n) is 11.0. The lowest BCUT2D eigenvalue weighted by Gasteiger charge is -2.34. The summed E-state index contributed by atoms with van der Waals surface area (Å²) < 4.78 is 0. The van der Waals surface area contributed by atoms with Crippen molar-refractivity contribution in [1.82, 2.24) is 4.98 Å². The molecule has 0 aliphatic carbocycles. The zero-order valence-electron chi connectivity index (χ0n) is 18.2. The van der Waals surface area contributed by atoms with Gasteiger partial charge in [0.2, 0.25) is 0 Å². The van der Waals surface area contributed by atoms with Crippen LogP contribution >= 0.6 is 11.8 Å². The van der Waals surface area contributed by atoms with Crippen LogP contribution in [0.3, 0.4) is 0 Å². The zero-order valence-corrected chi connectivity index (χ0v) is 19.0. The molecule has 0 atom stereocenters. The molecular weight excluding hydrogens is 434 g/mol. The van der Waals surface area contributed by atoms with Crippen LogP contribution in [-0.2, 0) is 0 Å². The van der Waals surface area contributed by atoms with Crippen molar-refractivity contribution in [3.8, 4) is 28.3 Å². The Balaban J connectivity index is 1.54. The molecule has 0 fully saturated rings. The molecule has 1 aliphatic heterocycles. The largest absolute Gasteiger partial charge is 0.308 e. The van der Waals surface area contributed by atoms with Crippen LogP contribution < -0.4 is 4.90 Å². The van der Waals surface area contributed by atoms with E-state index in [0.717, 1.165) is 27.9 Å². The van der Waals surface area contributed by atoms with Crippen molar-refractivity contribution in [3.05, 3.63) is 121 Å². The number of benzene rings is 4. The van der Waals surface area contributed by atoms with Crippen molar-refractivity contribution in [2.75, 3.05) is 4.90 Å². The van der Waals surface area contributed by atoms with E-state index in [0.29, 0.717) is 5.56 Å². The van der Waals surface area contributed by atoms with Crippen molar-refractivity contribution in [3.63, 3.8) is 0 Å². The molecule has 0 N–H and O–H groups in total. The molecule has 0 radical (unpaired) electrons. The Labute approximate surface area is 203 Å². The van der Waals surface area contributed by atoms with Crippen LogP contribution in [0, 0.1) is 11.3 Å². The molecule has 1 aliphatic rings. The first kappa shape index (κ1) is 20.3. The van der Waals surface area contributed by atoms with E-state index < -0.39 is 0 Å². The summed E-state index contributed by atoms with van der Waals surface area (Å²) in [4.78, 5) is 8.94. The van der Waals surface area contributed by atoms with Gasteiger partial charge in [0.25, 0.3) is 0 Å². The van der Waals surface area contributed by atoms with Gasteiger partial charge in [0, 0.05) is 33.3 Å². The van der Waals surface area contributed by atoms with Crippen LogP contribution in [-0.4, -0.2) is 4.98 Å². The third-order valence-corrected chi connectivity index (χ3v) is 7.13. The van der Waals surface area contributed by atoms with E-state index in [1.165, 1.54) is 21.2 Å². The summed E-state index contributed by atoms with van der Waals surface area (Å²) in [6, 6.07) is 38.2. The van der Waals surface area contributed by atoms with E-state index in [4.69, 9.17) is 0 Å². The number of pyridine rings is 1. The van der Waals surface area contributed by atoms with Gasteiger partial charge in [0.15, 0.2) is 0 Å². The van der Waals surface area contributed by atoms with E-state index in [1.54, 1.807) is 12.4 Å². The number of fused-ring (bicyclic) bond motifs is 2. The van der Waals surface area contributed by atoms with Crippen LogP contribution in [0.15, 0.2) is 125 Å². The van der Waals surface area contributed by atoms with Crippen LogP contribution in [0.2, 0.25) is 0 Å². The maximum absolute atomic E-state index is 9.57. The number of hydrogen-bond acceptors (Lipinski definition) is 4. The Morgan fingerprint density at radius 2 is 1.26 bits per heavy atom. The number of rotatable bonds is 3. The summed E-state index contributed by atoms with van der Waals surface area (Å²) in [5.41, 5.74) is 8.17.